The lowest BCUT2D eigenvalue weighted by Gasteiger charge is -2.05. The number of halogens is 1. The van der Waals surface area contributed by atoms with Crippen LogP contribution in [0.3, 0.4) is 0 Å². The summed E-state index contributed by atoms with van der Waals surface area (Å²) in [6, 6.07) is 5.91. The van der Waals surface area contributed by atoms with Crippen molar-refractivity contribution < 1.29 is 4.92 Å². The maximum absolute atomic E-state index is 10.7. The van der Waals surface area contributed by atoms with E-state index in [1.165, 1.54) is 14.0 Å². The Balaban J connectivity index is 1.93. The van der Waals surface area contributed by atoms with Gasteiger partial charge in [0.1, 0.15) is 12.0 Å². The van der Waals surface area contributed by atoms with Crippen molar-refractivity contribution >= 4 is 45.4 Å². The first-order chi connectivity index (χ1) is 9.06. The molecule has 2 aromatic rings. The molecule has 19 heavy (non-hydrogen) atoms. The highest BCUT2D eigenvalue weighted by atomic mass is 127. The van der Waals surface area contributed by atoms with E-state index in [9.17, 15) is 10.1 Å². The molecule has 0 aliphatic heterocycles. The fourth-order valence-electron chi connectivity index (χ4n) is 1.64. The van der Waals surface area contributed by atoms with Crippen LogP contribution in [0.1, 0.15) is 10.4 Å². The van der Waals surface area contributed by atoms with Crippen LogP contribution in [0.2, 0.25) is 0 Å². The summed E-state index contributed by atoms with van der Waals surface area (Å²) in [5.41, 5.74) is 0.673. The molecule has 7 heteroatoms. The van der Waals surface area contributed by atoms with Crippen LogP contribution >= 0.6 is 33.9 Å². The van der Waals surface area contributed by atoms with Gasteiger partial charge in [0.2, 0.25) is 0 Å². The largest absolute Gasteiger partial charge is 0.370 e. The number of aromatic nitrogens is 1. The van der Waals surface area contributed by atoms with E-state index in [0.29, 0.717) is 11.4 Å². The van der Waals surface area contributed by atoms with Gasteiger partial charge in [-0.1, -0.05) is 0 Å². The third-order valence-corrected chi connectivity index (χ3v) is 4.54. The Labute approximate surface area is 128 Å². The molecule has 2 aromatic heterocycles. The molecule has 0 aromatic carbocycles. The van der Waals surface area contributed by atoms with Gasteiger partial charge in [-0.3, -0.25) is 10.1 Å². The van der Waals surface area contributed by atoms with Gasteiger partial charge < -0.3 is 5.32 Å². The number of nitro groups is 1. The Morgan fingerprint density at radius 3 is 2.89 bits per heavy atom. The average molecular weight is 389 g/mol. The zero-order chi connectivity index (χ0) is 13.8. The predicted octanol–water partition coefficient (Wildman–Crippen LogP) is 3.62. The number of hydrogen-bond acceptors (Lipinski definition) is 5. The summed E-state index contributed by atoms with van der Waals surface area (Å²) in [7, 11) is 0. The average Bonchev–Trinajstić information content (AvgIpc) is 2.75. The molecule has 0 saturated heterocycles. The van der Waals surface area contributed by atoms with Crippen LogP contribution in [0.15, 0.2) is 24.4 Å². The first-order valence-electron chi connectivity index (χ1n) is 5.65. The molecule has 0 radical (unpaired) electrons. The van der Waals surface area contributed by atoms with Crippen LogP contribution in [0.5, 0.6) is 0 Å². The molecular weight excluding hydrogens is 377 g/mol. The minimum Gasteiger partial charge on any atom is -0.370 e. The molecule has 1 N–H and O–H groups in total. The van der Waals surface area contributed by atoms with Crippen LogP contribution in [0, 0.1) is 19.9 Å². The maximum Gasteiger partial charge on any atom is 0.290 e. The van der Waals surface area contributed by atoms with Crippen molar-refractivity contribution in [3.63, 3.8) is 0 Å². The normalized spacial score (nSPS) is 10.4. The number of hydrogen-bond donors (Lipinski definition) is 1. The van der Waals surface area contributed by atoms with E-state index in [0.717, 1.165) is 13.0 Å². The predicted molar refractivity (Wildman–Crippen MR) is 84.9 cm³/mol. The molecule has 0 saturated carbocycles. The molecule has 100 valence electrons. The summed E-state index contributed by atoms with van der Waals surface area (Å²) in [6.07, 6.45) is 2.22. The van der Waals surface area contributed by atoms with Gasteiger partial charge in [-0.25, -0.2) is 4.98 Å². The fraction of sp³-hybridized carbons (Fsp3) is 0.250. The third kappa shape index (κ3) is 3.87. The number of thiophene rings is 1. The van der Waals surface area contributed by atoms with Gasteiger partial charge in [0.05, 0.1) is 7.81 Å². The highest BCUT2D eigenvalue weighted by Gasteiger charge is 2.11. The Hall–Kier alpha value is -1.22. The Kier molecular flexibility index (Phi) is 4.70. The lowest BCUT2D eigenvalue weighted by molar-refractivity contribution is -0.385. The van der Waals surface area contributed by atoms with Gasteiger partial charge in [0.15, 0.2) is 0 Å². The molecule has 0 bridgehead atoms. The topological polar surface area (TPSA) is 68.1 Å². The van der Waals surface area contributed by atoms with Gasteiger partial charge in [-0.2, -0.15) is 0 Å². The van der Waals surface area contributed by atoms with Gasteiger partial charge in [0.25, 0.3) is 5.69 Å². The molecule has 2 heterocycles. The van der Waals surface area contributed by atoms with E-state index in [1.54, 1.807) is 24.3 Å². The Morgan fingerprint density at radius 2 is 2.32 bits per heavy atom. The zero-order valence-electron chi connectivity index (χ0n) is 10.2. The van der Waals surface area contributed by atoms with Crippen LogP contribution < -0.4 is 5.32 Å². The minimum absolute atomic E-state index is 0.0540. The van der Waals surface area contributed by atoms with E-state index < -0.39 is 4.92 Å². The molecule has 0 aliphatic rings. The number of nitrogens with one attached hydrogen (secondary N) is 1. The van der Waals surface area contributed by atoms with Crippen LogP contribution in [0.4, 0.5) is 11.5 Å². The number of anilines is 1. The molecule has 0 aliphatic carbocycles. The molecular formula is C12H12IN3O2S. The van der Waals surface area contributed by atoms with Gasteiger partial charge >= 0.3 is 0 Å². The summed E-state index contributed by atoms with van der Waals surface area (Å²) in [6.45, 7) is 2.48. The SMILES string of the molecule is Cc1cc(NCCc2ccc(I)s2)ncc1[N+](=O)[O-]. The standard InChI is InChI=1S/C12H12IN3O2S/c1-8-6-12(15-7-10(8)16(17)18)14-5-4-9-2-3-11(13)19-9/h2-3,6-7H,4-5H2,1H3,(H,14,15). The second kappa shape index (κ2) is 6.29. The van der Waals surface area contributed by atoms with E-state index in [1.807, 2.05) is 0 Å². The van der Waals surface area contributed by atoms with Crippen molar-refractivity contribution in [1.29, 1.82) is 0 Å². The summed E-state index contributed by atoms with van der Waals surface area (Å²) < 4.78 is 1.27. The van der Waals surface area contributed by atoms with E-state index in [-0.39, 0.29) is 5.69 Å². The molecule has 5 nitrogen and oxygen atoms in total. The van der Waals surface area contributed by atoms with Crippen molar-refractivity contribution in [2.75, 3.05) is 11.9 Å². The van der Waals surface area contributed by atoms with Crippen molar-refractivity contribution in [3.8, 4) is 0 Å². The molecule has 0 fully saturated rings. The minimum atomic E-state index is -0.417. The number of aryl methyl sites for hydroxylation is 1. The van der Waals surface area contributed by atoms with Gasteiger partial charge in [0, 0.05) is 17.0 Å². The van der Waals surface area contributed by atoms with Crippen LogP contribution in [-0.4, -0.2) is 16.5 Å². The summed E-state index contributed by atoms with van der Waals surface area (Å²) in [4.78, 5) is 15.6. The Bertz CT molecular complexity index is 600. The smallest absolute Gasteiger partial charge is 0.290 e. The second-order valence-corrected chi connectivity index (χ2v) is 7.06. The molecule has 0 atom stereocenters. The summed E-state index contributed by atoms with van der Waals surface area (Å²) in [5.74, 6) is 0.675. The van der Waals surface area contributed by atoms with Crippen molar-refractivity contribution in [2.45, 2.75) is 13.3 Å². The third-order valence-electron chi connectivity index (χ3n) is 2.59. The van der Waals surface area contributed by atoms with Crippen molar-refractivity contribution in [2.24, 2.45) is 0 Å². The fourth-order valence-corrected chi connectivity index (χ4v) is 3.39. The highest BCUT2D eigenvalue weighted by Crippen LogP contribution is 2.20. The number of nitrogens with zero attached hydrogens (tertiary/aromatic N) is 2. The quantitative estimate of drug-likeness (QED) is 0.482. The number of rotatable bonds is 5. The highest BCUT2D eigenvalue weighted by molar-refractivity contribution is 14.1. The Morgan fingerprint density at radius 1 is 1.53 bits per heavy atom. The number of pyridine rings is 1. The van der Waals surface area contributed by atoms with E-state index in [4.69, 9.17) is 0 Å². The maximum atomic E-state index is 10.7. The van der Waals surface area contributed by atoms with Crippen LogP contribution in [0.25, 0.3) is 0 Å². The lowest BCUT2D eigenvalue weighted by Crippen LogP contribution is -2.06. The monoisotopic (exact) mass is 389 g/mol. The van der Waals surface area contributed by atoms with E-state index in [2.05, 4.69) is 45.0 Å². The van der Waals surface area contributed by atoms with Gasteiger partial charge in [-0.15, -0.1) is 11.3 Å². The van der Waals surface area contributed by atoms with Gasteiger partial charge in [-0.05, 0) is 54.1 Å². The molecule has 0 amide bonds. The first-order valence-corrected chi connectivity index (χ1v) is 7.55. The van der Waals surface area contributed by atoms with Crippen molar-refractivity contribution in [1.82, 2.24) is 4.98 Å². The molecule has 0 spiro atoms. The summed E-state index contributed by atoms with van der Waals surface area (Å²) in [5, 5.41) is 13.9. The second-order valence-electron chi connectivity index (χ2n) is 4.00. The van der Waals surface area contributed by atoms with Crippen molar-refractivity contribution in [3.05, 3.63) is 47.8 Å². The zero-order valence-corrected chi connectivity index (χ0v) is 13.2. The molecule has 2 rings (SSSR count). The summed E-state index contributed by atoms with van der Waals surface area (Å²) >= 11 is 4.07. The lowest BCUT2D eigenvalue weighted by atomic mass is 10.2. The van der Waals surface area contributed by atoms with E-state index >= 15 is 0 Å². The molecule has 0 unspecified atom stereocenters. The van der Waals surface area contributed by atoms with Crippen LogP contribution in [-0.2, 0) is 6.42 Å². The first kappa shape index (κ1) is 14.2.